The average molecular weight is 344 g/mol. The number of rotatable bonds is 3. The summed E-state index contributed by atoms with van der Waals surface area (Å²) in [6.07, 6.45) is 3.51. The molecule has 0 radical (unpaired) electrons. The van der Waals surface area contributed by atoms with Crippen LogP contribution >= 0.6 is 11.6 Å². The molecule has 1 saturated carbocycles. The lowest BCUT2D eigenvalue weighted by Gasteiger charge is -2.17. The quantitative estimate of drug-likeness (QED) is 0.742. The molecule has 0 amide bonds. The van der Waals surface area contributed by atoms with Gasteiger partial charge in [0.05, 0.1) is 12.0 Å². The summed E-state index contributed by atoms with van der Waals surface area (Å²) < 4.78 is 14.6. The van der Waals surface area contributed by atoms with Gasteiger partial charge in [-0.3, -0.25) is 4.79 Å². The highest BCUT2D eigenvalue weighted by molar-refractivity contribution is 6.31. The Hall–Kier alpha value is -2.17. The van der Waals surface area contributed by atoms with Crippen molar-refractivity contribution in [3.8, 4) is 11.1 Å². The molecule has 4 rings (SSSR count). The summed E-state index contributed by atoms with van der Waals surface area (Å²) in [4.78, 5) is 14.7. The van der Waals surface area contributed by atoms with Crippen LogP contribution < -0.4 is 5.56 Å². The third kappa shape index (κ3) is 2.34. The highest BCUT2D eigenvalue weighted by Gasteiger charge is 2.30. The van der Waals surface area contributed by atoms with Gasteiger partial charge in [-0.05, 0) is 59.0 Å². The smallest absolute Gasteiger partial charge is 0.258 e. The molecule has 0 aliphatic heterocycles. The van der Waals surface area contributed by atoms with E-state index in [0.29, 0.717) is 16.0 Å². The molecule has 1 fully saturated rings. The number of hydrogen-bond donors (Lipinski definition) is 2. The average Bonchev–Trinajstić information content (AvgIpc) is 3.39. The maximum atomic E-state index is 14.6. The van der Waals surface area contributed by atoms with Gasteiger partial charge in [0.15, 0.2) is 0 Å². The molecule has 1 aromatic heterocycles. The van der Waals surface area contributed by atoms with E-state index in [0.717, 1.165) is 29.5 Å². The first kappa shape index (κ1) is 15.4. The topological polar surface area (TPSA) is 53.1 Å². The van der Waals surface area contributed by atoms with Crippen LogP contribution in [-0.2, 0) is 6.61 Å². The Labute approximate surface area is 142 Å². The molecule has 5 heteroatoms. The summed E-state index contributed by atoms with van der Waals surface area (Å²) in [6.45, 7) is -0.221. The Morgan fingerprint density at radius 1 is 1.29 bits per heavy atom. The zero-order chi connectivity index (χ0) is 16.8. The van der Waals surface area contributed by atoms with Gasteiger partial charge >= 0.3 is 0 Å². The second kappa shape index (κ2) is 5.72. The molecule has 0 atom stereocenters. The van der Waals surface area contributed by atoms with E-state index in [4.69, 9.17) is 11.6 Å². The molecule has 0 spiro atoms. The molecule has 2 N–H and O–H groups in total. The SMILES string of the molecule is O=c1[nH]ccc2c(-c3cccc(Cl)c3CO)c(C3CC3)cc(F)c12. The van der Waals surface area contributed by atoms with E-state index in [2.05, 4.69) is 4.98 Å². The van der Waals surface area contributed by atoms with Gasteiger partial charge in [-0.15, -0.1) is 0 Å². The zero-order valence-electron chi connectivity index (χ0n) is 12.8. The van der Waals surface area contributed by atoms with Crippen molar-refractivity contribution in [2.45, 2.75) is 25.4 Å². The zero-order valence-corrected chi connectivity index (χ0v) is 13.5. The molecule has 24 heavy (non-hydrogen) atoms. The van der Waals surface area contributed by atoms with E-state index in [1.54, 1.807) is 18.2 Å². The highest BCUT2D eigenvalue weighted by atomic mass is 35.5. The Balaban J connectivity index is 2.17. The monoisotopic (exact) mass is 343 g/mol. The Kier molecular flexibility index (Phi) is 3.66. The van der Waals surface area contributed by atoms with Crippen molar-refractivity contribution in [2.75, 3.05) is 0 Å². The lowest BCUT2D eigenvalue weighted by molar-refractivity contribution is 0.282. The minimum absolute atomic E-state index is 0.0424. The summed E-state index contributed by atoms with van der Waals surface area (Å²) in [5, 5.41) is 10.8. The first-order chi connectivity index (χ1) is 11.6. The summed E-state index contributed by atoms with van der Waals surface area (Å²) >= 11 is 6.24. The minimum atomic E-state index is -0.509. The van der Waals surface area contributed by atoms with Crippen LogP contribution in [0.3, 0.4) is 0 Å². The molecule has 1 aliphatic carbocycles. The third-order valence-electron chi connectivity index (χ3n) is 4.60. The van der Waals surface area contributed by atoms with Crippen molar-refractivity contribution in [1.82, 2.24) is 4.98 Å². The van der Waals surface area contributed by atoms with Crippen LogP contribution in [0.5, 0.6) is 0 Å². The number of nitrogens with one attached hydrogen (secondary N) is 1. The summed E-state index contributed by atoms with van der Waals surface area (Å²) in [5.41, 5.74) is 2.56. The maximum absolute atomic E-state index is 14.6. The number of aliphatic hydroxyl groups excluding tert-OH is 1. The fraction of sp³-hybridized carbons (Fsp3) is 0.211. The molecule has 3 nitrogen and oxygen atoms in total. The number of aliphatic hydroxyl groups is 1. The predicted molar refractivity (Wildman–Crippen MR) is 92.9 cm³/mol. The van der Waals surface area contributed by atoms with Crippen LogP contribution in [-0.4, -0.2) is 10.1 Å². The van der Waals surface area contributed by atoms with E-state index in [1.807, 2.05) is 6.07 Å². The lowest BCUT2D eigenvalue weighted by atomic mass is 9.89. The van der Waals surface area contributed by atoms with Crippen molar-refractivity contribution >= 4 is 22.4 Å². The number of hydrogen-bond acceptors (Lipinski definition) is 2. The molecule has 0 bridgehead atoms. The number of halogens is 2. The lowest BCUT2D eigenvalue weighted by Crippen LogP contribution is -2.09. The van der Waals surface area contributed by atoms with Crippen molar-refractivity contribution in [1.29, 1.82) is 0 Å². The highest BCUT2D eigenvalue weighted by Crippen LogP contribution is 2.48. The number of H-pyrrole nitrogens is 1. The van der Waals surface area contributed by atoms with E-state index in [9.17, 15) is 14.3 Å². The molecule has 1 heterocycles. The largest absolute Gasteiger partial charge is 0.392 e. The van der Waals surface area contributed by atoms with Crippen LogP contribution in [0.25, 0.3) is 21.9 Å². The summed E-state index contributed by atoms with van der Waals surface area (Å²) in [5.74, 6) is -0.228. The van der Waals surface area contributed by atoms with E-state index in [1.165, 1.54) is 12.3 Å². The molecule has 1 aliphatic rings. The molecular weight excluding hydrogens is 329 g/mol. The number of aromatic amines is 1. The predicted octanol–water partition coefficient (Wildman–Crippen LogP) is 4.36. The van der Waals surface area contributed by atoms with Gasteiger partial charge in [-0.2, -0.15) is 0 Å². The summed E-state index contributed by atoms with van der Waals surface area (Å²) in [7, 11) is 0. The van der Waals surface area contributed by atoms with Crippen LogP contribution in [0, 0.1) is 5.82 Å². The Morgan fingerprint density at radius 2 is 2.08 bits per heavy atom. The normalized spacial score (nSPS) is 14.3. The molecule has 3 aromatic rings. The summed E-state index contributed by atoms with van der Waals surface area (Å²) in [6, 6.07) is 8.55. The Morgan fingerprint density at radius 3 is 2.79 bits per heavy atom. The standard InChI is InChI=1S/C19H15ClFNO2/c20-15-3-1-2-11(14(15)9-23)17-12-6-7-22-19(24)18(12)16(21)8-13(17)10-4-5-10/h1-3,6-8,10,23H,4-5,9H2,(H,22,24). The van der Waals surface area contributed by atoms with Gasteiger partial charge in [0, 0.05) is 16.8 Å². The van der Waals surface area contributed by atoms with Crippen LogP contribution in [0.2, 0.25) is 5.02 Å². The molecule has 122 valence electrons. The second-order valence-corrected chi connectivity index (χ2v) is 6.52. The number of aromatic nitrogens is 1. The van der Waals surface area contributed by atoms with Gasteiger partial charge in [0.25, 0.3) is 5.56 Å². The third-order valence-corrected chi connectivity index (χ3v) is 4.96. The Bertz CT molecular complexity index is 1010. The number of fused-ring (bicyclic) bond motifs is 1. The fourth-order valence-corrected chi connectivity index (χ4v) is 3.57. The van der Waals surface area contributed by atoms with Gasteiger partial charge in [-0.1, -0.05) is 23.7 Å². The van der Waals surface area contributed by atoms with Crippen LogP contribution in [0.15, 0.2) is 41.3 Å². The number of pyridine rings is 1. The van der Waals surface area contributed by atoms with Crippen molar-refractivity contribution in [2.24, 2.45) is 0 Å². The fourth-order valence-electron chi connectivity index (χ4n) is 3.33. The first-order valence-corrected chi connectivity index (χ1v) is 8.22. The van der Waals surface area contributed by atoms with Gasteiger partial charge in [0.2, 0.25) is 0 Å². The van der Waals surface area contributed by atoms with Crippen molar-refractivity contribution < 1.29 is 9.50 Å². The molecular formula is C19H15ClFNO2. The second-order valence-electron chi connectivity index (χ2n) is 6.12. The van der Waals surface area contributed by atoms with Crippen molar-refractivity contribution in [3.63, 3.8) is 0 Å². The van der Waals surface area contributed by atoms with Gasteiger partial charge in [-0.25, -0.2) is 4.39 Å². The molecule has 2 aromatic carbocycles. The van der Waals surface area contributed by atoms with Crippen LogP contribution in [0.1, 0.15) is 29.9 Å². The number of benzene rings is 2. The van der Waals surface area contributed by atoms with Crippen LogP contribution in [0.4, 0.5) is 4.39 Å². The maximum Gasteiger partial charge on any atom is 0.258 e. The van der Waals surface area contributed by atoms with E-state index < -0.39 is 11.4 Å². The molecule has 0 saturated heterocycles. The van der Waals surface area contributed by atoms with E-state index in [-0.39, 0.29) is 17.9 Å². The molecule has 0 unspecified atom stereocenters. The van der Waals surface area contributed by atoms with Gasteiger partial charge in [0.1, 0.15) is 5.82 Å². The van der Waals surface area contributed by atoms with E-state index >= 15 is 0 Å². The van der Waals surface area contributed by atoms with Crippen molar-refractivity contribution in [3.05, 3.63) is 68.8 Å². The minimum Gasteiger partial charge on any atom is -0.392 e. The van der Waals surface area contributed by atoms with Gasteiger partial charge < -0.3 is 10.1 Å². The first-order valence-electron chi connectivity index (χ1n) is 7.84.